The molecule has 9 aromatic rings. The molecule has 3 heteroatoms. The topological polar surface area (TPSA) is 6.48 Å². The lowest BCUT2D eigenvalue weighted by Crippen LogP contribution is -2.61. The standard InChI is InChI=1S/C50H33BN2/c1-3-12-34(13-4-1)40-24-28-48-46(32-40)44-20-11-21-45-47-33-41(35-14-5-2-6-15-35)25-29-49(47)53(43-27-23-37-17-8-10-19-39(37)31-43)51(50(44)45)52(48)42-26-22-36-16-7-9-18-38(36)30-42/h1-33H. The summed E-state index contributed by atoms with van der Waals surface area (Å²) < 4.78 is 0. The molecule has 53 heavy (non-hydrogen) atoms. The number of anilines is 4. The fraction of sp³-hybridized carbons (Fsp3) is 0. The van der Waals surface area contributed by atoms with Crippen molar-refractivity contribution in [3.8, 4) is 44.5 Å². The lowest BCUT2D eigenvalue weighted by molar-refractivity contribution is 1.27. The van der Waals surface area contributed by atoms with E-state index in [0.29, 0.717) is 0 Å². The minimum absolute atomic E-state index is 0.145. The van der Waals surface area contributed by atoms with Crippen LogP contribution < -0.4 is 15.1 Å². The van der Waals surface area contributed by atoms with E-state index in [0.717, 1.165) is 11.4 Å². The summed E-state index contributed by atoms with van der Waals surface area (Å²) in [7, 11) is 0. The Kier molecular flexibility index (Phi) is 6.68. The van der Waals surface area contributed by atoms with E-state index < -0.39 is 0 Å². The Bertz CT molecular complexity index is 2670. The van der Waals surface area contributed by atoms with Gasteiger partial charge in [0, 0.05) is 33.9 Å². The van der Waals surface area contributed by atoms with Crippen LogP contribution >= 0.6 is 0 Å². The van der Waals surface area contributed by atoms with Crippen LogP contribution in [0.1, 0.15) is 0 Å². The third-order valence-corrected chi connectivity index (χ3v) is 11.2. The van der Waals surface area contributed by atoms with Crippen molar-refractivity contribution in [3.05, 3.63) is 200 Å². The zero-order valence-electron chi connectivity index (χ0n) is 29.0. The summed E-state index contributed by atoms with van der Waals surface area (Å²) in [5, 5.41) is 4.94. The highest BCUT2D eigenvalue weighted by Gasteiger charge is 2.47. The predicted molar refractivity (Wildman–Crippen MR) is 226 cm³/mol. The van der Waals surface area contributed by atoms with E-state index in [1.54, 1.807) is 0 Å². The normalized spacial score (nSPS) is 12.8. The van der Waals surface area contributed by atoms with Crippen LogP contribution in [0.3, 0.4) is 0 Å². The fourth-order valence-electron chi connectivity index (χ4n) is 8.71. The van der Waals surface area contributed by atoms with Gasteiger partial charge < -0.3 is 9.62 Å². The molecule has 0 saturated carbocycles. The zero-order chi connectivity index (χ0) is 34.9. The molecule has 2 heterocycles. The Labute approximate surface area is 310 Å². The molecule has 0 saturated heterocycles. The number of hydrogen-bond acceptors (Lipinski definition) is 2. The van der Waals surface area contributed by atoms with E-state index in [2.05, 4.69) is 210 Å². The van der Waals surface area contributed by atoms with E-state index in [-0.39, 0.29) is 6.98 Å². The number of fused-ring (bicyclic) bond motifs is 6. The summed E-state index contributed by atoms with van der Waals surface area (Å²) in [5.41, 5.74) is 16.0. The predicted octanol–water partition coefficient (Wildman–Crippen LogP) is 12.7. The van der Waals surface area contributed by atoms with Gasteiger partial charge in [0.25, 0.3) is 0 Å². The van der Waals surface area contributed by atoms with Crippen LogP contribution in [-0.4, -0.2) is 6.98 Å². The van der Waals surface area contributed by atoms with Crippen molar-refractivity contribution in [3.63, 3.8) is 0 Å². The first kappa shape index (κ1) is 29.9. The molecule has 0 N–H and O–H groups in total. The highest BCUT2D eigenvalue weighted by molar-refractivity contribution is 6.86. The number of benzene rings is 9. The largest absolute Gasteiger partial charge is 0.421 e. The van der Waals surface area contributed by atoms with Crippen molar-refractivity contribution in [1.29, 1.82) is 0 Å². The lowest BCUT2D eigenvalue weighted by atomic mass is 9.53. The summed E-state index contributed by atoms with van der Waals surface area (Å²) >= 11 is 0. The van der Waals surface area contributed by atoms with Gasteiger partial charge in [-0.15, -0.1) is 0 Å². The fourth-order valence-corrected chi connectivity index (χ4v) is 8.71. The molecule has 9 aromatic carbocycles. The van der Waals surface area contributed by atoms with Crippen LogP contribution in [0.2, 0.25) is 0 Å². The molecule has 0 amide bonds. The first-order valence-corrected chi connectivity index (χ1v) is 18.4. The van der Waals surface area contributed by atoms with Crippen LogP contribution in [0.4, 0.5) is 22.7 Å². The molecule has 2 nitrogen and oxygen atoms in total. The Morgan fingerprint density at radius 2 is 0.717 bits per heavy atom. The smallest absolute Gasteiger partial charge is 0.361 e. The third kappa shape index (κ3) is 4.75. The van der Waals surface area contributed by atoms with Gasteiger partial charge in [0.05, 0.1) is 0 Å². The van der Waals surface area contributed by atoms with Gasteiger partial charge in [0.1, 0.15) is 0 Å². The average Bonchev–Trinajstić information content (AvgIpc) is 3.24. The Balaban J connectivity index is 1.23. The highest BCUT2D eigenvalue weighted by atomic mass is 15.2. The average molecular weight is 673 g/mol. The maximum atomic E-state index is 2.59. The molecular weight excluding hydrogens is 639 g/mol. The van der Waals surface area contributed by atoms with Crippen molar-refractivity contribution < 1.29 is 0 Å². The number of hydrogen-bond donors (Lipinski definition) is 0. The van der Waals surface area contributed by atoms with E-state index in [1.165, 1.54) is 82.9 Å². The van der Waals surface area contributed by atoms with Gasteiger partial charge in [-0.1, -0.05) is 152 Å². The molecule has 0 fully saturated rings. The summed E-state index contributed by atoms with van der Waals surface area (Å²) in [6.07, 6.45) is 0. The van der Waals surface area contributed by atoms with Crippen LogP contribution in [0.25, 0.3) is 66.1 Å². The summed E-state index contributed by atoms with van der Waals surface area (Å²) in [6.45, 7) is -0.145. The molecule has 0 unspecified atom stereocenters. The first-order valence-electron chi connectivity index (χ1n) is 18.4. The van der Waals surface area contributed by atoms with Crippen molar-refractivity contribution in [1.82, 2.24) is 0 Å². The van der Waals surface area contributed by atoms with E-state index >= 15 is 0 Å². The van der Waals surface area contributed by atoms with Gasteiger partial charge in [-0.2, -0.15) is 0 Å². The van der Waals surface area contributed by atoms with Crippen LogP contribution in [-0.2, 0) is 0 Å². The Hall–Kier alpha value is -6.84. The van der Waals surface area contributed by atoms with Gasteiger partial charge >= 0.3 is 6.98 Å². The maximum Gasteiger partial charge on any atom is 0.421 e. The molecule has 0 aromatic heterocycles. The minimum atomic E-state index is -0.145. The van der Waals surface area contributed by atoms with Crippen molar-refractivity contribution >= 4 is 56.7 Å². The zero-order valence-corrected chi connectivity index (χ0v) is 29.0. The second-order valence-electron chi connectivity index (χ2n) is 14.1. The molecular formula is C50H33BN2. The molecule has 246 valence electrons. The van der Waals surface area contributed by atoms with Gasteiger partial charge in [0.15, 0.2) is 0 Å². The highest BCUT2D eigenvalue weighted by Crippen LogP contribution is 2.50. The first-order chi connectivity index (χ1) is 26.3. The van der Waals surface area contributed by atoms with Crippen LogP contribution in [0.5, 0.6) is 0 Å². The van der Waals surface area contributed by atoms with E-state index in [9.17, 15) is 0 Å². The quantitative estimate of drug-likeness (QED) is 0.172. The Morgan fingerprint density at radius 3 is 1.19 bits per heavy atom. The maximum absolute atomic E-state index is 2.59. The van der Waals surface area contributed by atoms with Gasteiger partial charge in [-0.05, 0) is 109 Å². The Morgan fingerprint density at radius 1 is 0.283 bits per heavy atom. The van der Waals surface area contributed by atoms with Gasteiger partial charge in [-0.25, -0.2) is 0 Å². The SMILES string of the molecule is c1ccc(-c2ccc3c(c2)-c2cccc4c2B(N3c2ccc3ccccc3c2)N(c2ccc3ccccc3c2)c2ccc(-c3ccccc3)cc2-4)cc1. The molecule has 11 rings (SSSR count). The van der Waals surface area contributed by atoms with Crippen molar-refractivity contribution in [2.24, 2.45) is 0 Å². The monoisotopic (exact) mass is 672 g/mol. The molecule has 0 aliphatic carbocycles. The van der Waals surface area contributed by atoms with Gasteiger partial charge in [-0.3, -0.25) is 0 Å². The van der Waals surface area contributed by atoms with Crippen molar-refractivity contribution in [2.75, 3.05) is 9.62 Å². The van der Waals surface area contributed by atoms with Crippen LogP contribution in [0.15, 0.2) is 200 Å². The minimum Gasteiger partial charge on any atom is -0.361 e. The second kappa shape index (κ2) is 11.9. The number of rotatable bonds is 4. The van der Waals surface area contributed by atoms with Crippen molar-refractivity contribution in [2.45, 2.75) is 0 Å². The van der Waals surface area contributed by atoms with Gasteiger partial charge in [0.2, 0.25) is 0 Å². The summed E-state index contributed by atoms with van der Waals surface area (Å²) in [5.74, 6) is 0. The molecule has 0 radical (unpaired) electrons. The van der Waals surface area contributed by atoms with Crippen LogP contribution in [0, 0.1) is 0 Å². The lowest BCUT2D eigenvalue weighted by Gasteiger charge is -2.48. The molecule has 0 bridgehead atoms. The summed E-state index contributed by atoms with van der Waals surface area (Å²) in [6, 6.07) is 73.7. The molecule has 0 atom stereocenters. The molecule has 0 spiro atoms. The molecule has 2 aliphatic heterocycles. The summed E-state index contributed by atoms with van der Waals surface area (Å²) in [4.78, 5) is 5.18. The molecule has 2 aliphatic rings. The third-order valence-electron chi connectivity index (χ3n) is 11.2. The van der Waals surface area contributed by atoms with E-state index in [1.807, 2.05) is 0 Å². The number of nitrogens with zero attached hydrogens (tertiary/aromatic N) is 2. The van der Waals surface area contributed by atoms with E-state index in [4.69, 9.17) is 0 Å². The second-order valence-corrected chi connectivity index (χ2v) is 14.1.